The van der Waals surface area contributed by atoms with E-state index in [-0.39, 0.29) is 12.1 Å². The second kappa shape index (κ2) is 8.45. The highest BCUT2D eigenvalue weighted by atomic mass is 32.1. The highest BCUT2D eigenvalue weighted by Crippen LogP contribution is 2.34. The summed E-state index contributed by atoms with van der Waals surface area (Å²) >= 11 is 3.00. The van der Waals surface area contributed by atoms with Gasteiger partial charge in [0, 0.05) is 27.2 Å². The minimum absolute atomic E-state index is 0.262. The molecule has 3 aromatic heterocycles. The third kappa shape index (κ3) is 4.42. The van der Waals surface area contributed by atoms with Gasteiger partial charge in [0.25, 0.3) is 5.56 Å². The molecule has 0 spiro atoms. The van der Waals surface area contributed by atoms with Crippen molar-refractivity contribution in [3.8, 4) is 10.4 Å². The van der Waals surface area contributed by atoms with E-state index in [2.05, 4.69) is 15.6 Å². The molecular weight excluding hydrogens is 384 g/mol. The molecule has 142 valence electrons. The number of hydrogen-bond donors (Lipinski definition) is 2. The van der Waals surface area contributed by atoms with Crippen LogP contribution in [0.2, 0.25) is 0 Å². The topological polar surface area (TPSA) is 93.1 Å². The third-order valence-electron chi connectivity index (χ3n) is 3.95. The number of carbonyl (C=O) groups is 2. The maximum absolute atomic E-state index is 12.9. The fraction of sp³-hybridized carbons (Fsp3) is 0.333. The van der Waals surface area contributed by atoms with Gasteiger partial charge in [0.1, 0.15) is 11.4 Å². The summed E-state index contributed by atoms with van der Waals surface area (Å²) < 4.78 is 1.23. The number of rotatable bonds is 6. The molecule has 27 heavy (non-hydrogen) atoms. The number of carbonyl (C=O) groups excluding carboxylic acids is 2. The van der Waals surface area contributed by atoms with Crippen LogP contribution in [-0.2, 0) is 11.3 Å². The Morgan fingerprint density at radius 2 is 2.11 bits per heavy atom. The first-order valence-electron chi connectivity index (χ1n) is 8.60. The number of hydrogen-bond acceptors (Lipinski definition) is 6. The summed E-state index contributed by atoms with van der Waals surface area (Å²) in [4.78, 5) is 43.7. The lowest BCUT2D eigenvalue weighted by Crippen LogP contribution is -2.42. The Balaban J connectivity index is 1.79. The molecule has 0 aliphatic carbocycles. The first-order valence-corrected chi connectivity index (χ1v) is 10.3. The molecule has 3 aromatic rings. The normalized spacial score (nSPS) is 10.9. The Bertz CT molecular complexity index is 1030. The summed E-state index contributed by atoms with van der Waals surface area (Å²) in [5.74, 6) is -0.559. The SMILES string of the molecule is CCCCNC(=O)NC(=O)Cn1cnc2scc(-c3ccc(C)s3)c2c1=O. The van der Waals surface area contributed by atoms with Crippen LogP contribution >= 0.6 is 22.7 Å². The standard InChI is InChI=1S/C18H20N4O3S2/c1-3-4-7-19-18(25)21-14(23)8-22-10-20-16-15(17(22)24)12(9-26-16)13-6-5-11(2)27-13/h5-6,9-10H,3-4,7-8H2,1-2H3,(H2,19,21,23,25). The fourth-order valence-electron chi connectivity index (χ4n) is 2.58. The Morgan fingerprint density at radius 1 is 1.30 bits per heavy atom. The zero-order valence-corrected chi connectivity index (χ0v) is 16.7. The molecular formula is C18H20N4O3S2. The highest BCUT2D eigenvalue weighted by Gasteiger charge is 2.16. The molecule has 0 radical (unpaired) electrons. The first kappa shape index (κ1) is 19.2. The quantitative estimate of drug-likeness (QED) is 0.617. The van der Waals surface area contributed by atoms with Crippen LogP contribution in [0.3, 0.4) is 0 Å². The number of nitrogens with one attached hydrogen (secondary N) is 2. The Morgan fingerprint density at radius 3 is 2.81 bits per heavy atom. The van der Waals surface area contributed by atoms with Crippen molar-refractivity contribution in [3.05, 3.63) is 39.1 Å². The van der Waals surface area contributed by atoms with Crippen LogP contribution in [0.1, 0.15) is 24.6 Å². The van der Waals surface area contributed by atoms with Crippen molar-refractivity contribution in [1.29, 1.82) is 0 Å². The first-order chi connectivity index (χ1) is 13.0. The smallest absolute Gasteiger partial charge is 0.321 e. The van der Waals surface area contributed by atoms with Crippen LogP contribution in [0.25, 0.3) is 20.7 Å². The van der Waals surface area contributed by atoms with Crippen LogP contribution in [-0.4, -0.2) is 28.0 Å². The third-order valence-corrected chi connectivity index (χ3v) is 5.87. The molecule has 0 saturated carbocycles. The van der Waals surface area contributed by atoms with Gasteiger partial charge in [0.05, 0.1) is 11.7 Å². The van der Waals surface area contributed by atoms with Crippen LogP contribution in [0.15, 0.2) is 28.6 Å². The number of amides is 3. The van der Waals surface area contributed by atoms with Gasteiger partial charge in [-0.25, -0.2) is 9.78 Å². The predicted molar refractivity (Wildman–Crippen MR) is 108 cm³/mol. The largest absolute Gasteiger partial charge is 0.338 e. The molecule has 7 nitrogen and oxygen atoms in total. The van der Waals surface area contributed by atoms with Crippen molar-refractivity contribution in [2.45, 2.75) is 33.2 Å². The van der Waals surface area contributed by atoms with Crippen LogP contribution < -0.4 is 16.2 Å². The van der Waals surface area contributed by atoms with Crippen LogP contribution in [0, 0.1) is 6.92 Å². The van der Waals surface area contributed by atoms with Gasteiger partial charge in [-0.2, -0.15) is 0 Å². The van der Waals surface area contributed by atoms with Crippen LogP contribution in [0.5, 0.6) is 0 Å². The second-order valence-electron chi connectivity index (χ2n) is 6.08. The van der Waals surface area contributed by atoms with Gasteiger partial charge in [-0.1, -0.05) is 13.3 Å². The van der Waals surface area contributed by atoms with E-state index >= 15 is 0 Å². The summed E-state index contributed by atoms with van der Waals surface area (Å²) in [6.45, 7) is 4.26. The molecule has 0 atom stereocenters. The van der Waals surface area contributed by atoms with Crippen molar-refractivity contribution in [1.82, 2.24) is 20.2 Å². The number of urea groups is 1. The van der Waals surface area contributed by atoms with E-state index in [1.807, 2.05) is 31.4 Å². The van der Waals surface area contributed by atoms with E-state index in [4.69, 9.17) is 0 Å². The molecule has 0 aliphatic heterocycles. The summed E-state index contributed by atoms with van der Waals surface area (Å²) in [5, 5.41) is 7.25. The molecule has 0 fully saturated rings. The molecule has 0 unspecified atom stereocenters. The molecule has 0 saturated heterocycles. The Labute approximate surface area is 164 Å². The van der Waals surface area contributed by atoms with Crippen molar-refractivity contribution in [2.75, 3.05) is 6.54 Å². The summed E-state index contributed by atoms with van der Waals surface area (Å²) in [6, 6.07) is 3.43. The average Bonchev–Trinajstić information content (AvgIpc) is 3.24. The van der Waals surface area contributed by atoms with Gasteiger partial charge in [-0.15, -0.1) is 22.7 Å². The lowest BCUT2D eigenvalue weighted by Gasteiger charge is -2.08. The molecule has 3 heterocycles. The van der Waals surface area contributed by atoms with Crippen LogP contribution in [0.4, 0.5) is 4.79 Å². The highest BCUT2D eigenvalue weighted by molar-refractivity contribution is 7.19. The van der Waals surface area contributed by atoms with E-state index in [1.165, 1.54) is 22.2 Å². The molecule has 0 bridgehead atoms. The maximum atomic E-state index is 12.9. The molecule has 0 aromatic carbocycles. The minimum Gasteiger partial charge on any atom is -0.338 e. The van der Waals surface area contributed by atoms with E-state index in [1.54, 1.807) is 11.3 Å². The van der Waals surface area contributed by atoms with Gasteiger partial charge >= 0.3 is 6.03 Å². The molecule has 0 aliphatic rings. The van der Waals surface area contributed by atoms with Crippen molar-refractivity contribution in [3.63, 3.8) is 0 Å². The number of thiophene rings is 2. The van der Waals surface area contributed by atoms with Crippen molar-refractivity contribution in [2.24, 2.45) is 0 Å². The summed E-state index contributed by atoms with van der Waals surface area (Å²) in [7, 11) is 0. The number of nitrogens with zero attached hydrogens (tertiary/aromatic N) is 2. The average molecular weight is 405 g/mol. The molecule has 9 heteroatoms. The number of aromatic nitrogens is 2. The number of unbranched alkanes of at least 4 members (excludes halogenated alkanes) is 1. The zero-order valence-electron chi connectivity index (χ0n) is 15.1. The van der Waals surface area contributed by atoms with E-state index in [9.17, 15) is 14.4 Å². The lowest BCUT2D eigenvalue weighted by molar-refractivity contribution is -0.120. The van der Waals surface area contributed by atoms with E-state index < -0.39 is 11.9 Å². The number of imide groups is 1. The molecule has 3 rings (SSSR count). The maximum Gasteiger partial charge on any atom is 0.321 e. The Hall–Kier alpha value is -2.52. The number of aryl methyl sites for hydroxylation is 1. The fourth-order valence-corrected chi connectivity index (χ4v) is 4.45. The second-order valence-corrected chi connectivity index (χ2v) is 8.22. The molecule has 2 N–H and O–H groups in total. The van der Waals surface area contributed by atoms with Crippen molar-refractivity contribution >= 4 is 44.8 Å². The van der Waals surface area contributed by atoms with E-state index in [0.29, 0.717) is 16.8 Å². The summed E-state index contributed by atoms with van der Waals surface area (Å²) in [6.07, 6.45) is 3.13. The van der Waals surface area contributed by atoms with Crippen molar-refractivity contribution < 1.29 is 9.59 Å². The van der Waals surface area contributed by atoms with Gasteiger partial charge in [0.2, 0.25) is 5.91 Å². The Kier molecular flexibility index (Phi) is 6.02. The van der Waals surface area contributed by atoms with E-state index in [0.717, 1.165) is 28.2 Å². The van der Waals surface area contributed by atoms with Gasteiger partial charge in [-0.05, 0) is 25.5 Å². The minimum atomic E-state index is -0.559. The number of fused-ring (bicyclic) bond motifs is 1. The van der Waals surface area contributed by atoms with Gasteiger partial charge in [-0.3, -0.25) is 19.5 Å². The monoisotopic (exact) mass is 404 g/mol. The lowest BCUT2D eigenvalue weighted by atomic mass is 10.2. The van der Waals surface area contributed by atoms with Gasteiger partial charge < -0.3 is 5.32 Å². The van der Waals surface area contributed by atoms with Gasteiger partial charge in [0.15, 0.2) is 0 Å². The zero-order chi connectivity index (χ0) is 19.4. The summed E-state index contributed by atoms with van der Waals surface area (Å²) in [5.41, 5.74) is 0.543. The molecule has 3 amide bonds. The predicted octanol–water partition coefficient (Wildman–Crippen LogP) is 3.12.